The molecule has 2 unspecified atom stereocenters. The second kappa shape index (κ2) is 8.49. The summed E-state index contributed by atoms with van der Waals surface area (Å²) in [5.74, 6) is 1.79. The molecule has 2 heterocycles. The number of aliphatic hydroxyl groups is 1. The second-order valence-electron chi connectivity index (χ2n) is 6.47. The third-order valence-corrected chi connectivity index (χ3v) is 5.22. The summed E-state index contributed by atoms with van der Waals surface area (Å²) in [5, 5.41) is 23.2. The highest BCUT2D eigenvalue weighted by molar-refractivity contribution is 7.10. The molecule has 0 fully saturated rings. The van der Waals surface area contributed by atoms with Crippen molar-refractivity contribution in [2.45, 2.75) is 46.1 Å². The Labute approximate surface area is 153 Å². The lowest BCUT2D eigenvalue weighted by Gasteiger charge is -2.21. The van der Waals surface area contributed by atoms with Gasteiger partial charge in [0.2, 0.25) is 0 Å². The molecule has 0 saturated carbocycles. The van der Waals surface area contributed by atoms with Crippen molar-refractivity contribution >= 4 is 17.3 Å². The van der Waals surface area contributed by atoms with Crippen LogP contribution in [-0.4, -0.2) is 35.9 Å². The summed E-state index contributed by atoms with van der Waals surface area (Å²) in [4.78, 5) is 5.46. The SMILES string of the molecule is CCNC(=NCC(C)(O)c1cccs1)NCC(C)c1c(C)noc1C. The first kappa shape index (κ1) is 19.5. The van der Waals surface area contributed by atoms with Crippen LogP contribution in [0.25, 0.3) is 0 Å². The number of nitrogens with one attached hydrogen (secondary N) is 2. The molecule has 7 heteroatoms. The molecule has 6 nitrogen and oxygen atoms in total. The van der Waals surface area contributed by atoms with E-state index in [9.17, 15) is 5.11 Å². The normalized spacial score (nSPS) is 15.7. The quantitative estimate of drug-likeness (QED) is 0.520. The van der Waals surface area contributed by atoms with E-state index in [1.807, 2.05) is 38.3 Å². The minimum absolute atomic E-state index is 0.243. The molecule has 0 aromatic carbocycles. The molecule has 0 spiro atoms. The van der Waals surface area contributed by atoms with Crippen molar-refractivity contribution in [1.82, 2.24) is 15.8 Å². The summed E-state index contributed by atoms with van der Waals surface area (Å²) in [5.41, 5.74) is 1.09. The fraction of sp³-hybridized carbons (Fsp3) is 0.556. The summed E-state index contributed by atoms with van der Waals surface area (Å²) in [6, 6.07) is 3.87. The van der Waals surface area contributed by atoms with Crippen LogP contribution in [0.4, 0.5) is 0 Å². The lowest BCUT2D eigenvalue weighted by Crippen LogP contribution is -2.40. The van der Waals surface area contributed by atoms with E-state index in [4.69, 9.17) is 4.52 Å². The standard InChI is InChI=1S/C18H28N4O2S/c1-6-19-17(21-11-18(5,23)15-8-7-9-25-15)20-10-12(2)16-13(3)22-24-14(16)4/h7-9,12,23H,6,10-11H2,1-5H3,(H2,19,20,21). The Morgan fingerprint density at radius 2 is 2.20 bits per heavy atom. The first-order valence-corrected chi connectivity index (χ1v) is 9.44. The number of guanidine groups is 1. The van der Waals surface area contributed by atoms with Crippen molar-refractivity contribution in [3.05, 3.63) is 39.4 Å². The summed E-state index contributed by atoms with van der Waals surface area (Å²) < 4.78 is 5.25. The van der Waals surface area contributed by atoms with Gasteiger partial charge in [0, 0.05) is 29.4 Å². The molecular formula is C18H28N4O2S. The molecule has 25 heavy (non-hydrogen) atoms. The molecule has 0 aliphatic carbocycles. The van der Waals surface area contributed by atoms with E-state index in [2.05, 4.69) is 27.7 Å². The lowest BCUT2D eigenvalue weighted by molar-refractivity contribution is 0.0711. The molecule has 0 aliphatic rings. The van der Waals surface area contributed by atoms with Gasteiger partial charge in [0.25, 0.3) is 0 Å². The molecular weight excluding hydrogens is 336 g/mol. The Hall–Kier alpha value is -1.86. The zero-order valence-electron chi connectivity index (χ0n) is 15.6. The van der Waals surface area contributed by atoms with Gasteiger partial charge in [0.1, 0.15) is 11.4 Å². The molecule has 2 rings (SSSR count). The first-order valence-electron chi connectivity index (χ1n) is 8.56. The first-order chi connectivity index (χ1) is 11.8. The van der Waals surface area contributed by atoms with E-state index in [1.54, 1.807) is 6.92 Å². The van der Waals surface area contributed by atoms with Gasteiger partial charge in [-0.1, -0.05) is 18.1 Å². The van der Waals surface area contributed by atoms with E-state index >= 15 is 0 Å². The third-order valence-electron chi connectivity index (χ3n) is 4.10. The maximum absolute atomic E-state index is 10.6. The van der Waals surface area contributed by atoms with Gasteiger partial charge in [-0.2, -0.15) is 0 Å². The van der Waals surface area contributed by atoms with Gasteiger partial charge in [-0.25, -0.2) is 4.99 Å². The van der Waals surface area contributed by atoms with Crippen molar-refractivity contribution in [3.8, 4) is 0 Å². The molecule has 0 radical (unpaired) electrons. The number of nitrogens with zero attached hydrogens (tertiary/aromatic N) is 2. The Kier molecular flexibility index (Phi) is 6.61. The lowest BCUT2D eigenvalue weighted by atomic mass is 10.00. The van der Waals surface area contributed by atoms with Gasteiger partial charge in [-0.05, 0) is 39.1 Å². The van der Waals surface area contributed by atoms with E-state index in [0.29, 0.717) is 19.0 Å². The number of thiophene rings is 1. The third kappa shape index (κ3) is 5.06. The van der Waals surface area contributed by atoms with Crippen LogP contribution in [0.1, 0.15) is 48.6 Å². The van der Waals surface area contributed by atoms with Gasteiger partial charge in [0.05, 0.1) is 12.2 Å². The van der Waals surface area contributed by atoms with Crippen LogP contribution in [0, 0.1) is 13.8 Å². The van der Waals surface area contributed by atoms with Crippen molar-refractivity contribution < 1.29 is 9.63 Å². The predicted octanol–water partition coefficient (Wildman–Crippen LogP) is 2.92. The Morgan fingerprint density at radius 1 is 1.44 bits per heavy atom. The van der Waals surface area contributed by atoms with Crippen molar-refractivity contribution in [3.63, 3.8) is 0 Å². The number of rotatable bonds is 7. The van der Waals surface area contributed by atoms with Crippen LogP contribution in [-0.2, 0) is 5.60 Å². The molecule has 0 saturated heterocycles. The fourth-order valence-electron chi connectivity index (χ4n) is 2.78. The van der Waals surface area contributed by atoms with E-state index in [-0.39, 0.29) is 5.92 Å². The van der Waals surface area contributed by atoms with Crippen LogP contribution in [0.3, 0.4) is 0 Å². The molecule has 0 aliphatic heterocycles. The minimum Gasteiger partial charge on any atom is -0.383 e. The van der Waals surface area contributed by atoms with Crippen LogP contribution in [0.2, 0.25) is 0 Å². The van der Waals surface area contributed by atoms with E-state index < -0.39 is 5.60 Å². The molecule has 138 valence electrons. The summed E-state index contributed by atoms with van der Waals surface area (Å²) in [6.45, 7) is 11.6. The average molecular weight is 365 g/mol. The molecule has 2 aromatic rings. The van der Waals surface area contributed by atoms with Crippen molar-refractivity contribution in [2.75, 3.05) is 19.6 Å². The maximum Gasteiger partial charge on any atom is 0.191 e. The number of hydrogen-bond donors (Lipinski definition) is 3. The van der Waals surface area contributed by atoms with Crippen molar-refractivity contribution in [1.29, 1.82) is 0 Å². The fourth-order valence-corrected chi connectivity index (χ4v) is 3.56. The van der Waals surface area contributed by atoms with Crippen LogP contribution in [0.15, 0.2) is 27.0 Å². The average Bonchev–Trinajstić information content (AvgIpc) is 3.21. The largest absolute Gasteiger partial charge is 0.383 e. The number of aromatic nitrogens is 1. The monoisotopic (exact) mass is 364 g/mol. The second-order valence-corrected chi connectivity index (χ2v) is 7.41. The Morgan fingerprint density at radius 3 is 2.76 bits per heavy atom. The minimum atomic E-state index is -0.968. The van der Waals surface area contributed by atoms with Gasteiger partial charge >= 0.3 is 0 Å². The van der Waals surface area contributed by atoms with Gasteiger partial charge in [0.15, 0.2) is 5.96 Å². The highest BCUT2D eigenvalue weighted by Gasteiger charge is 2.24. The molecule has 2 atom stereocenters. The van der Waals surface area contributed by atoms with Gasteiger partial charge < -0.3 is 20.3 Å². The van der Waals surface area contributed by atoms with Gasteiger partial charge in [-0.15, -0.1) is 11.3 Å². The molecule has 0 bridgehead atoms. The highest BCUT2D eigenvalue weighted by atomic mass is 32.1. The Balaban J connectivity index is 2.00. The predicted molar refractivity (Wildman–Crippen MR) is 102 cm³/mol. The zero-order valence-corrected chi connectivity index (χ0v) is 16.4. The maximum atomic E-state index is 10.6. The van der Waals surface area contributed by atoms with Crippen molar-refractivity contribution in [2.24, 2.45) is 4.99 Å². The van der Waals surface area contributed by atoms with Gasteiger partial charge in [-0.3, -0.25) is 0 Å². The smallest absolute Gasteiger partial charge is 0.191 e. The Bertz CT molecular complexity index is 673. The topological polar surface area (TPSA) is 82.7 Å². The summed E-state index contributed by atoms with van der Waals surface area (Å²) >= 11 is 1.54. The molecule has 0 amide bonds. The summed E-state index contributed by atoms with van der Waals surface area (Å²) in [6.07, 6.45) is 0. The highest BCUT2D eigenvalue weighted by Crippen LogP contribution is 2.25. The van der Waals surface area contributed by atoms with E-state index in [1.165, 1.54) is 11.3 Å². The molecule has 3 N–H and O–H groups in total. The van der Waals surface area contributed by atoms with E-state index in [0.717, 1.165) is 28.4 Å². The summed E-state index contributed by atoms with van der Waals surface area (Å²) in [7, 11) is 0. The molecule has 2 aromatic heterocycles. The number of hydrogen-bond acceptors (Lipinski definition) is 5. The zero-order chi connectivity index (χ0) is 18.4. The van der Waals surface area contributed by atoms with Crippen LogP contribution >= 0.6 is 11.3 Å². The number of aryl methyl sites for hydroxylation is 2. The van der Waals surface area contributed by atoms with Crippen LogP contribution in [0.5, 0.6) is 0 Å². The van der Waals surface area contributed by atoms with Crippen LogP contribution < -0.4 is 10.6 Å². The number of aliphatic imine (C=N–C) groups is 1.